The van der Waals surface area contributed by atoms with E-state index in [4.69, 9.17) is 0 Å². The van der Waals surface area contributed by atoms with Crippen LogP contribution >= 0.6 is 0 Å². The topological polar surface area (TPSA) is 107 Å². The fraction of sp³-hybridized carbons (Fsp3) is 0.188. The highest BCUT2D eigenvalue weighted by Crippen LogP contribution is 2.05. The van der Waals surface area contributed by atoms with Gasteiger partial charge in [-0.2, -0.15) is 0 Å². The molecule has 0 aliphatic rings. The van der Waals surface area contributed by atoms with Crippen molar-refractivity contribution < 1.29 is 23.9 Å². The Morgan fingerprint density at radius 1 is 1.00 bits per heavy atom. The molecule has 1 amide bonds. The van der Waals surface area contributed by atoms with Crippen LogP contribution in [0.15, 0.2) is 36.7 Å². The summed E-state index contributed by atoms with van der Waals surface area (Å²) in [6, 6.07) is 6.00. The molecule has 2 aromatic rings. The molecule has 8 nitrogen and oxygen atoms in total. The molecule has 2 aromatic heterocycles. The molecule has 2 heterocycles. The summed E-state index contributed by atoms with van der Waals surface area (Å²) in [6.45, 7) is 0.211. The lowest BCUT2D eigenvalue weighted by Gasteiger charge is -2.06. The van der Waals surface area contributed by atoms with Crippen molar-refractivity contribution in [1.82, 2.24) is 15.3 Å². The molecule has 124 valence electrons. The van der Waals surface area contributed by atoms with Gasteiger partial charge in [0.15, 0.2) is 0 Å². The van der Waals surface area contributed by atoms with Crippen LogP contribution in [-0.2, 0) is 16.0 Å². The Morgan fingerprint density at radius 3 is 2.33 bits per heavy atom. The number of carbonyl (C=O) groups is 3. The van der Waals surface area contributed by atoms with Crippen LogP contribution in [0.1, 0.15) is 36.9 Å². The zero-order chi connectivity index (χ0) is 17.5. The quantitative estimate of drug-likeness (QED) is 0.815. The Balaban J connectivity index is 2.00. The molecule has 0 aliphatic carbocycles. The lowest BCUT2D eigenvalue weighted by atomic mass is 10.2. The molecule has 0 aromatic carbocycles. The lowest BCUT2D eigenvalue weighted by molar-refractivity contribution is 0.0585. The second-order valence-corrected chi connectivity index (χ2v) is 4.65. The van der Waals surface area contributed by atoms with Crippen molar-refractivity contribution >= 4 is 17.8 Å². The summed E-state index contributed by atoms with van der Waals surface area (Å²) >= 11 is 0. The van der Waals surface area contributed by atoms with Gasteiger partial charge in [0.1, 0.15) is 11.4 Å². The van der Waals surface area contributed by atoms with Gasteiger partial charge < -0.3 is 14.8 Å². The first-order chi connectivity index (χ1) is 11.5. The maximum atomic E-state index is 12.1. The van der Waals surface area contributed by atoms with E-state index in [1.807, 2.05) is 0 Å². The van der Waals surface area contributed by atoms with Crippen LogP contribution < -0.4 is 5.32 Å². The van der Waals surface area contributed by atoms with Gasteiger partial charge in [0, 0.05) is 24.5 Å². The van der Waals surface area contributed by atoms with E-state index in [-0.39, 0.29) is 29.4 Å². The molecule has 0 bridgehead atoms. The van der Waals surface area contributed by atoms with E-state index in [0.29, 0.717) is 5.56 Å². The van der Waals surface area contributed by atoms with Gasteiger partial charge in [-0.25, -0.2) is 19.6 Å². The highest BCUT2D eigenvalue weighted by molar-refractivity contribution is 5.96. The van der Waals surface area contributed by atoms with Gasteiger partial charge in [-0.1, -0.05) is 6.07 Å². The molecule has 1 N–H and O–H groups in total. The number of methoxy groups -OCH3 is 2. The SMILES string of the molecule is COC(=O)c1ccc(CNC(=O)c2ccnc(C(=O)OC)c2)cn1. The Labute approximate surface area is 137 Å². The van der Waals surface area contributed by atoms with Crippen molar-refractivity contribution in [1.29, 1.82) is 0 Å². The number of ether oxygens (including phenoxy) is 2. The van der Waals surface area contributed by atoms with Crippen LogP contribution in [-0.4, -0.2) is 42.0 Å². The largest absolute Gasteiger partial charge is 0.464 e. The van der Waals surface area contributed by atoms with E-state index < -0.39 is 11.9 Å². The molecule has 0 spiro atoms. The summed E-state index contributed by atoms with van der Waals surface area (Å²) in [4.78, 5) is 42.6. The fourth-order valence-electron chi connectivity index (χ4n) is 1.83. The van der Waals surface area contributed by atoms with Gasteiger partial charge >= 0.3 is 11.9 Å². The third-order valence-electron chi connectivity index (χ3n) is 3.09. The number of esters is 2. The van der Waals surface area contributed by atoms with E-state index in [1.54, 1.807) is 6.07 Å². The summed E-state index contributed by atoms with van der Waals surface area (Å²) in [7, 11) is 2.51. The van der Waals surface area contributed by atoms with Crippen molar-refractivity contribution in [2.45, 2.75) is 6.54 Å². The lowest BCUT2D eigenvalue weighted by Crippen LogP contribution is -2.23. The highest BCUT2D eigenvalue weighted by Gasteiger charge is 2.12. The van der Waals surface area contributed by atoms with Gasteiger partial charge in [-0.05, 0) is 23.8 Å². The second kappa shape index (κ2) is 7.82. The van der Waals surface area contributed by atoms with Crippen molar-refractivity contribution in [3.8, 4) is 0 Å². The summed E-state index contributed by atoms with van der Waals surface area (Å²) < 4.78 is 9.12. The summed E-state index contributed by atoms with van der Waals surface area (Å²) in [5.41, 5.74) is 1.22. The Kier molecular flexibility index (Phi) is 5.56. The number of nitrogens with one attached hydrogen (secondary N) is 1. The Morgan fingerprint density at radius 2 is 1.71 bits per heavy atom. The third-order valence-corrected chi connectivity index (χ3v) is 3.09. The first kappa shape index (κ1) is 17.1. The summed E-state index contributed by atoms with van der Waals surface area (Å²) in [5.74, 6) is -1.52. The van der Waals surface area contributed by atoms with Gasteiger partial charge in [0.25, 0.3) is 5.91 Å². The first-order valence-corrected chi connectivity index (χ1v) is 6.91. The molecular formula is C16H15N3O5. The number of carbonyl (C=O) groups excluding carboxylic acids is 3. The van der Waals surface area contributed by atoms with E-state index in [1.165, 1.54) is 44.8 Å². The van der Waals surface area contributed by atoms with Gasteiger partial charge in [-0.3, -0.25) is 4.79 Å². The summed E-state index contributed by atoms with van der Waals surface area (Å²) in [6.07, 6.45) is 2.83. The average Bonchev–Trinajstić information content (AvgIpc) is 2.65. The fourth-order valence-corrected chi connectivity index (χ4v) is 1.83. The molecule has 2 rings (SSSR count). The second-order valence-electron chi connectivity index (χ2n) is 4.65. The Bertz CT molecular complexity index is 759. The molecule has 0 fully saturated rings. The minimum absolute atomic E-state index is 0.0502. The maximum Gasteiger partial charge on any atom is 0.356 e. The normalized spacial score (nSPS) is 9.92. The van der Waals surface area contributed by atoms with Crippen LogP contribution in [0.25, 0.3) is 0 Å². The van der Waals surface area contributed by atoms with Crippen LogP contribution in [0.2, 0.25) is 0 Å². The maximum absolute atomic E-state index is 12.1. The molecule has 0 saturated carbocycles. The average molecular weight is 329 g/mol. The predicted molar refractivity (Wildman–Crippen MR) is 82.3 cm³/mol. The standard InChI is InChI=1S/C16H15N3O5/c1-23-15(21)12-4-3-10(8-18-12)9-19-14(20)11-5-6-17-13(7-11)16(22)24-2/h3-8H,9H2,1-2H3,(H,19,20). The van der Waals surface area contributed by atoms with Crippen LogP contribution in [0.4, 0.5) is 0 Å². The molecule has 0 saturated heterocycles. The molecule has 0 unspecified atom stereocenters. The van der Waals surface area contributed by atoms with Crippen molar-refractivity contribution in [2.24, 2.45) is 0 Å². The minimum Gasteiger partial charge on any atom is -0.464 e. The number of hydrogen-bond donors (Lipinski definition) is 1. The van der Waals surface area contributed by atoms with Gasteiger partial charge in [0.2, 0.25) is 0 Å². The number of amides is 1. The predicted octanol–water partition coefficient (Wildman–Crippen LogP) is 0.980. The van der Waals surface area contributed by atoms with Crippen molar-refractivity contribution in [3.05, 3.63) is 59.2 Å². The van der Waals surface area contributed by atoms with Gasteiger partial charge in [-0.15, -0.1) is 0 Å². The number of rotatable bonds is 5. The van der Waals surface area contributed by atoms with E-state index >= 15 is 0 Å². The molecule has 0 atom stereocenters. The zero-order valence-corrected chi connectivity index (χ0v) is 13.1. The van der Waals surface area contributed by atoms with Crippen molar-refractivity contribution in [3.63, 3.8) is 0 Å². The number of pyridine rings is 2. The molecule has 24 heavy (non-hydrogen) atoms. The first-order valence-electron chi connectivity index (χ1n) is 6.91. The number of hydrogen-bond acceptors (Lipinski definition) is 7. The van der Waals surface area contributed by atoms with Crippen molar-refractivity contribution in [2.75, 3.05) is 14.2 Å². The highest BCUT2D eigenvalue weighted by atomic mass is 16.5. The molecule has 0 aliphatic heterocycles. The molecular weight excluding hydrogens is 314 g/mol. The minimum atomic E-state index is -0.618. The van der Waals surface area contributed by atoms with Gasteiger partial charge in [0.05, 0.1) is 14.2 Å². The zero-order valence-electron chi connectivity index (χ0n) is 13.1. The van der Waals surface area contributed by atoms with E-state index in [9.17, 15) is 14.4 Å². The smallest absolute Gasteiger partial charge is 0.356 e. The van der Waals surface area contributed by atoms with E-state index in [2.05, 4.69) is 24.8 Å². The Hall–Kier alpha value is -3.29. The number of nitrogens with zero attached hydrogens (tertiary/aromatic N) is 2. The monoisotopic (exact) mass is 329 g/mol. The molecule has 0 radical (unpaired) electrons. The van der Waals surface area contributed by atoms with E-state index in [0.717, 1.165) is 0 Å². The number of aromatic nitrogens is 2. The van der Waals surface area contributed by atoms with Crippen LogP contribution in [0.5, 0.6) is 0 Å². The third kappa shape index (κ3) is 4.13. The van der Waals surface area contributed by atoms with Crippen LogP contribution in [0, 0.1) is 0 Å². The van der Waals surface area contributed by atoms with Crippen LogP contribution in [0.3, 0.4) is 0 Å². The molecule has 8 heteroatoms. The summed E-state index contributed by atoms with van der Waals surface area (Å²) in [5, 5.41) is 2.69.